The van der Waals surface area contributed by atoms with Gasteiger partial charge in [0, 0.05) is 6.54 Å². The van der Waals surface area contributed by atoms with Crippen LogP contribution in [0.1, 0.15) is 39.0 Å². The lowest BCUT2D eigenvalue weighted by Crippen LogP contribution is -2.29. The molecule has 1 aliphatic carbocycles. The summed E-state index contributed by atoms with van der Waals surface area (Å²) in [6.45, 7) is 3.08. The zero-order chi connectivity index (χ0) is 10.2. The molecule has 0 aromatic carbocycles. The van der Waals surface area contributed by atoms with Gasteiger partial charge in [-0.2, -0.15) is 0 Å². The standard InChI is InChI=1S/C11H19NOS/c1-2-3-9-12-11(14)13-10-7-5-4-6-8-10/h5,7,10H,2-4,6,8-9H2,1H3,(H,12,14)/t10-/m0/s1. The lowest BCUT2D eigenvalue weighted by atomic mass is 10.1. The number of allylic oxidation sites excluding steroid dienone is 1. The summed E-state index contributed by atoms with van der Waals surface area (Å²) >= 11 is 5.08. The van der Waals surface area contributed by atoms with Crippen LogP contribution in [0.4, 0.5) is 0 Å². The van der Waals surface area contributed by atoms with Gasteiger partial charge >= 0.3 is 0 Å². The average Bonchev–Trinajstić information content (AvgIpc) is 2.20. The minimum absolute atomic E-state index is 0.199. The molecule has 0 saturated carbocycles. The quantitative estimate of drug-likeness (QED) is 0.441. The van der Waals surface area contributed by atoms with Crippen molar-refractivity contribution < 1.29 is 4.74 Å². The molecule has 0 heterocycles. The van der Waals surface area contributed by atoms with Crippen LogP contribution in [0.3, 0.4) is 0 Å². The number of hydrogen-bond donors (Lipinski definition) is 1. The van der Waals surface area contributed by atoms with Crippen molar-refractivity contribution in [3.05, 3.63) is 12.2 Å². The predicted octanol–water partition coefficient (Wildman–Crippen LogP) is 2.79. The molecule has 1 rings (SSSR count). The van der Waals surface area contributed by atoms with Crippen LogP contribution in [-0.2, 0) is 4.74 Å². The zero-order valence-electron chi connectivity index (χ0n) is 8.79. The monoisotopic (exact) mass is 213 g/mol. The van der Waals surface area contributed by atoms with Gasteiger partial charge in [-0.15, -0.1) is 0 Å². The Morgan fingerprint density at radius 3 is 3.14 bits per heavy atom. The number of nitrogens with one attached hydrogen (secondary N) is 1. The summed E-state index contributed by atoms with van der Waals surface area (Å²) in [6, 6.07) is 0. The van der Waals surface area contributed by atoms with E-state index >= 15 is 0 Å². The second-order valence-electron chi connectivity index (χ2n) is 3.58. The third-order valence-electron chi connectivity index (χ3n) is 2.27. The molecule has 0 amide bonds. The van der Waals surface area contributed by atoms with Gasteiger partial charge in [0.05, 0.1) is 0 Å². The average molecular weight is 213 g/mol. The van der Waals surface area contributed by atoms with Crippen molar-refractivity contribution in [3.8, 4) is 0 Å². The van der Waals surface area contributed by atoms with Crippen LogP contribution in [-0.4, -0.2) is 17.8 Å². The maximum atomic E-state index is 5.57. The number of rotatable bonds is 4. The lowest BCUT2D eigenvalue weighted by Gasteiger charge is -2.19. The highest BCUT2D eigenvalue weighted by atomic mass is 32.1. The van der Waals surface area contributed by atoms with Crippen LogP contribution in [0.5, 0.6) is 0 Å². The smallest absolute Gasteiger partial charge is 0.257 e. The van der Waals surface area contributed by atoms with Gasteiger partial charge < -0.3 is 10.1 Å². The molecule has 0 aromatic rings. The van der Waals surface area contributed by atoms with Crippen molar-refractivity contribution in [2.45, 2.75) is 45.1 Å². The number of unbranched alkanes of at least 4 members (excludes halogenated alkanes) is 1. The van der Waals surface area contributed by atoms with Crippen molar-refractivity contribution in [1.82, 2.24) is 5.32 Å². The molecule has 0 saturated heterocycles. The molecule has 0 unspecified atom stereocenters. The van der Waals surface area contributed by atoms with Gasteiger partial charge in [-0.05, 0) is 44.0 Å². The van der Waals surface area contributed by atoms with E-state index < -0.39 is 0 Å². The topological polar surface area (TPSA) is 21.3 Å². The van der Waals surface area contributed by atoms with Gasteiger partial charge in [-0.25, -0.2) is 0 Å². The van der Waals surface area contributed by atoms with Crippen LogP contribution in [0.2, 0.25) is 0 Å². The minimum atomic E-state index is 0.199. The molecule has 1 aliphatic rings. The first-order valence-electron chi connectivity index (χ1n) is 5.44. The van der Waals surface area contributed by atoms with Crippen molar-refractivity contribution in [2.75, 3.05) is 6.54 Å². The molecule has 80 valence electrons. The Hall–Kier alpha value is -0.570. The first kappa shape index (κ1) is 11.5. The van der Waals surface area contributed by atoms with Crippen LogP contribution in [0, 0.1) is 0 Å². The van der Waals surface area contributed by atoms with E-state index in [-0.39, 0.29) is 6.10 Å². The highest BCUT2D eigenvalue weighted by Crippen LogP contribution is 2.13. The van der Waals surface area contributed by atoms with E-state index in [2.05, 4.69) is 24.4 Å². The molecule has 0 radical (unpaired) electrons. The van der Waals surface area contributed by atoms with E-state index in [1.807, 2.05) is 0 Å². The summed E-state index contributed by atoms with van der Waals surface area (Å²) in [4.78, 5) is 0. The molecular formula is C11H19NOS. The summed E-state index contributed by atoms with van der Waals surface area (Å²) in [6.07, 6.45) is 10.3. The van der Waals surface area contributed by atoms with Gasteiger partial charge in [0.1, 0.15) is 6.10 Å². The van der Waals surface area contributed by atoms with E-state index in [1.165, 1.54) is 19.3 Å². The van der Waals surface area contributed by atoms with Gasteiger partial charge in [0.2, 0.25) is 0 Å². The predicted molar refractivity (Wildman–Crippen MR) is 63.4 cm³/mol. The fourth-order valence-corrected chi connectivity index (χ4v) is 1.65. The summed E-state index contributed by atoms with van der Waals surface area (Å²) in [7, 11) is 0. The summed E-state index contributed by atoms with van der Waals surface area (Å²) in [5.74, 6) is 0. The van der Waals surface area contributed by atoms with E-state index in [1.54, 1.807) is 0 Å². The Balaban J connectivity index is 2.12. The number of ether oxygens (including phenoxy) is 1. The van der Waals surface area contributed by atoms with Gasteiger partial charge in [-0.3, -0.25) is 0 Å². The molecule has 0 aromatic heterocycles. The van der Waals surface area contributed by atoms with Crippen LogP contribution in [0.25, 0.3) is 0 Å². The number of thiocarbonyl (C=S) groups is 1. The Labute approximate surface area is 91.7 Å². The fourth-order valence-electron chi connectivity index (χ4n) is 1.43. The van der Waals surface area contributed by atoms with E-state index in [4.69, 9.17) is 17.0 Å². The van der Waals surface area contributed by atoms with Gasteiger partial charge in [0.15, 0.2) is 0 Å². The molecule has 0 fully saturated rings. The number of hydrogen-bond acceptors (Lipinski definition) is 2. The highest BCUT2D eigenvalue weighted by Gasteiger charge is 2.10. The van der Waals surface area contributed by atoms with E-state index in [0.717, 1.165) is 19.4 Å². The SMILES string of the molecule is CCCCNC(=S)O[C@H]1C=CCCC1. The maximum absolute atomic E-state index is 5.57. The molecule has 1 N–H and O–H groups in total. The normalized spacial score (nSPS) is 20.5. The summed E-state index contributed by atoms with van der Waals surface area (Å²) in [5, 5.41) is 3.66. The van der Waals surface area contributed by atoms with Gasteiger partial charge in [-0.1, -0.05) is 19.4 Å². The van der Waals surface area contributed by atoms with Crippen LogP contribution < -0.4 is 5.32 Å². The van der Waals surface area contributed by atoms with Gasteiger partial charge in [0.25, 0.3) is 5.17 Å². The lowest BCUT2D eigenvalue weighted by molar-refractivity contribution is 0.213. The maximum Gasteiger partial charge on any atom is 0.257 e. The second kappa shape index (κ2) is 6.82. The van der Waals surface area contributed by atoms with Crippen molar-refractivity contribution in [1.29, 1.82) is 0 Å². The molecule has 2 nitrogen and oxygen atoms in total. The molecular weight excluding hydrogens is 194 g/mol. The molecule has 3 heteroatoms. The van der Waals surface area contributed by atoms with E-state index in [9.17, 15) is 0 Å². The second-order valence-corrected chi connectivity index (χ2v) is 3.95. The van der Waals surface area contributed by atoms with Crippen molar-refractivity contribution in [3.63, 3.8) is 0 Å². The molecule has 0 aliphatic heterocycles. The minimum Gasteiger partial charge on any atom is -0.464 e. The van der Waals surface area contributed by atoms with Crippen molar-refractivity contribution >= 4 is 17.4 Å². The Kier molecular flexibility index (Phi) is 5.60. The molecule has 1 atom stereocenters. The first-order chi connectivity index (χ1) is 6.83. The van der Waals surface area contributed by atoms with E-state index in [0.29, 0.717) is 5.17 Å². The fraction of sp³-hybridized carbons (Fsp3) is 0.727. The molecule has 0 spiro atoms. The third kappa shape index (κ3) is 4.61. The Bertz CT molecular complexity index is 203. The Morgan fingerprint density at radius 2 is 2.50 bits per heavy atom. The third-order valence-corrected chi connectivity index (χ3v) is 2.51. The summed E-state index contributed by atoms with van der Waals surface area (Å²) in [5.41, 5.74) is 0. The Morgan fingerprint density at radius 1 is 1.64 bits per heavy atom. The first-order valence-corrected chi connectivity index (χ1v) is 5.85. The highest BCUT2D eigenvalue weighted by molar-refractivity contribution is 7.80. The molecule has 14 heavy (non-hydrogen) atoms. The zero-order valence-corrected chi connectivity index (χ0v) is 9.61. The van der Waals surface area contributed by atoms with Crippen LogP contribution >= 0.6 is 12.2 Å². The largest absolute Gasteiger partial charge is 0.464 e. The molecule has 0 bridgehead atoms. The summed E-state index contributed by atoms with van der Waals surface area (Å²) < 4.78 is 5.57. The van der Waals surface area contributed by atoms with Crippen molar-refractivity contribution in [2.24, 2.45) is 0 Å². The van der Waals surface area contributed by atoms with Crippen LogP contribution in [0.15, 0.2) is 12.2 Å².